The fourth-order valence-electron chi connectivity index (χ4n) is 2.59. The number of fused-ring (bicyclic) bond motifs is 1. The lowest BCUT2D eigenvalue weighted by Gasteiger charge is -2.19. The van der Waals surface area contributed by atoms with Crippen LogP contribution < -0.4 is 10.6 Å². The number of urea groups is 1. The van der Waals surface area contributed by atoms with Gasteiger partial charge in [-0.2, -0.15) is 0 Å². The molecular formula is C16H24N2O2. The van der Waals surface area contributed by atoms with Gasteiger partial charge in [0.15, 0.2) is 0 Å². The molecule has 0 aromatic heterocycles. The van der Waals surface area contributed by atoms with Gasteiger partial charge in [-0.1, -0.05) is 12.1 Å². The van der Waals surface area contributed by atoms with Crippen LogP contribution in [0.5, 0.6) is 0 Å². The van der Waals surface area contributed by atoms with Gasteiger partial charge in [0.25, 0.3) is 0 Å². The zero-order valence-corrected chi connectivity index (χ0v) is 12.2. The monoisotopic (exact) mass is 276 g/mol. The normalized spacial score (nSPS) is 13.7. The van der Waals surface area contributed by atoms with Crippen LogP contribution in [-0.4, -0.2) is 25.8 Å². The maximum absolute atomic E-state index is 11.9. The Balaban J connectivity index is 1.82. The van der Waals surface area contributed by atoms with Crippen molar-refractivity contribution < 1.29 is 9.53 Å². The number of benzene rings is 1. The van der Waals surface area contributed by atoms with E-state index in [1.54, 1.807) is 0 Å². The molecule has 1 aromatic carbocycles. The van der Waals surface area contributed by atoms with E-state index in [0.29, 0.717) is 13.2 Å². The number of rotatable bonds is 6. The summed E-state index contributed by atoms with van der Waals surface area (Å²) in [7, 11) is 0. The van der Waals surface area contributed by atoms with Gasteiger partial charge in [0.1, 0.15) is 0 Å². The van der Waals surface area contributed by atoms with Crippen molar-refractivity contribution in [3.8, 4) is 0 Å². The van der Waals surface area contributed by atoms with E-state index in [1.807, 2.05) is 19.1 Å². The fourth-order valence-corrected chi connectivity index (χ4v) is 2.59. The summed E-state index contributed by atoms with van der Waals surface area (Å²) in [6, 6.07) is 6.05. The second-order valence-corrected chi connectivity index (χ2v) is 5.08. The fraction of sp³-hybridized carbons (Fsp3) is 0.562. The highest BCUT2D eigenvalue weighted by Gasteiger charge is 2.13. The van der Waals surface area contributed by atoms with Crippen LogP contribution in [0.2, 0.25) is 0 Å². The Morgan fingerprint density at radius 3 is 3.00 bits per heavy atom. The van der Waals surface area contributed by atoms with Gasteiger partial charge in [-0.05, 0) is 56.2 Å². The molecule has 0 spiro atoms. The average molecular weight is 276 g/mol. The molecule has 0 fully saturated rings. The number of hydrogen-bond donors (Lipinski definition) is 2. The molecule has 0 bridgehead atoms. The Bertz CT molecular complexity index is 446. The molecule has 0 radical (unpaired) electrons. The van der Waals surface area contributed by atoms with Gasteiger partial charge in [0.05, 0.1) is 0 Å². The molecule has 2 rings (SSSR count). The molecule has 110 valence electrons. The second-order valence-electron chi connectivity index (χ2n) is 5.08. The van der Waals surface area contributed by atoms with Crippen LogP contribution in [0.3, 0.4) is 0 Å². The van der Waals surface area contributed by atoms with E-state index in [-0.39, 0.29) is 6.03 Å². The number of aryl methyl sites for hydroxylation is 1. The van der Waals surface area contributed by atoms with Crippen LogP contribution in [0, 0.1) is 0 Å². The Hall–Kier alpha value is -1.55. The van der Waals surface area contributed by atoms with Crippen LogP contribution in [0.1, 0.15) is 37.3 Å². The molecule has 1 aliphatic carbocycles. The van der Waals surface area contributed by atoms with Gasteiger partial charge in [-0.3, -0.25) is 0 Å². The number of amides is 2. The molecule has 0 heterocycles. The Morgan fingerprint density at radius 2 is 2.15 bits per heavy atom. The van der Waals surface area contributed by atoms with Crippen molar-refractivity contribution in [1.82, 2.24) is 5.32 Å². The maximum atomic E-state index is 11.9. The summed E-state index contributed by atoms with van der Waals surface area (Å²) < 4.78 is 5.24. The Kier molecular flexibility index (Phi) is 5.87. The molecule has 1 aliphatic rings. The van der Waals surface area contributed by atoms with Crippen molar-refractivity contribution in [2.45, 2.75) is 39.0 Å². The van der Waals surface area contributed by atoms with Crippen molar-refractivity contribution in [3.63, 3.8) is 0 Å². The lowest BCUT2D eigenvalue weighted by Crippen LogP contribution is -2.30. The molecule has 2 amide bonds. The Labute approximate surface area is 120 Å². The quantitative estimate of drug-likeness (QED) is 0.784. The summed E-state index contributed by atoms with van der Waals surface area (Å²) in [5.41, 5.74) is 3.65. The predicted molar refractivity (Wildman–Crippen MR) is 81.2 cm³/mol. The number of anilines is 1. The molecule has 0 unspecified atom stereocenters. The van der Waals surface area contributed by atoms with Crippen LogP contribution in [-0.2, 0) is 17.6 Å². The number of carbonyl (C=O) groups excluding carboxylic acids is 1. The third kappa shape index (κ3) is 4.23. The molecule has 2 N–H and O–H groups in total. The van der Waals surface area contributed by atoms with Gasteiger partial charge in [-0.25, -0.2) is 4.79 Å². The van der Waals surface area contributed by atoms with E-state index >= 15 is 0 Å². The summed E-state index contributed by atoms with van der Waals surface area (Å²) in [6.07, 6.45) is 5.49. The topological polar surface area (TPSA) is 50.4 Å². The molecule has 0 saturated heterocycles. The van der Waals surface area contributed by atoms with E-state index in [4.69, 9.17) is 4.74 Å². The predicted octanol–water partition coefficient (Wildman–Crippen LogP) is 3.11. The number of carbonyl (C=O) groups is 1. The highest BCUT2D eigenvalue weighted by Crippen LogP contribution is 2.27. The number of hydrogen-bond acceptors (Lipinski definition) is 2. The summed E-state index contributed by atoms with van der Waals surface area (Å²) in [4.78, 5) is 11.9. The minimum atomic E-state index is -0.125. The zero-order chi connectivity index (χ0) is 14.2. The second kappa shape index (κ2) is 7.90. The Morgan fingerprint density at radius 1 is 1.30 bits per heavy atom. The first-order valence-corrected chi connectivity index (χ1v) is 7.54. The maximum Gasteiger partial charge on any atom is 0.319 e. The summed E-state index contributed by atoms with van der Waals surface area (Å²) in [5, 5.41) is 5.84. The first kappa shape index (κ1) is 14.9. The molecule has 1 aromatic rings. The lowest BCUT2D eigenvalue weighted by atomic mass is 9.90. The highest BCUT2D eigenvalue weighted by atomic mass is 16.5. The van der Waals surface area contributed by atoms with Crippen LogP contribution in [0.25, 0.3) is 0 Å². The van der Waals surface area contributed by atoms with Crippen molar-refractivity contribution in [3.05, 3.63) is 29.3 Å². The molecule has 0 aliphatic heterocycles. The minimum absolute atomic E-state index is 0.125. The van der Waals surface area contributed by atoms with Gasteiger partial charge in [0, 0.05) is 25.4 Å². The molecule has 4 heteroatoms. The van der Waals surface area contributed by atoms with Gasteiger partial charge in [0.2, 0.25) is 0 Å². The summed E-state index contributed by atoms with van der Waals surface area (Å²) in [6.45, 7) is 4.03. The van der Waals surface area contributed by atoms with E-state index in [9.17, 15) is 4.79 Å². The van der Waals surface area contributed by atoms with Gasteiger partial charge in [-0.15, -0.1) is 0 Å². The summed E-state index contributed by atoms with van der Waals surface area (Å²) >= 11 is 0. The van der Waals surface area contributed by atoms with E-state index in [0.717, 1.165) is 31.6 Å². The zero-order valence-electron chi connectivity index (χ0n) is 12.2. The van der Waals surface area contributed by atoms with E-state index in [2.05, 4.69) is 16.7 Å². The summed E-state index contributed by atoms with van der Waals surface area (Å²) in [5.74, 6) is 0. The lowest BCUT2D eigenvalue weighted by molar-refractivity contribution is 0.145. The first-order valence-electron chi connectivity index (χ1n) is 7.54. The molecular weight excluding hydrogens is 252 g/mol. The molecule has 0 saturated carbocycles. The smallest absolute Gasteiger partial charge is 0.319 e. The van der Waals surface area contributed by atoms with Gasteiger partial charge < -0.3 is 15.4 Å². The largest absolute Gasteiger partial charge is 0.382 e. The average Bonchev–Trinajstić information content (AvgIpc) is 2.47. The van der Waals surface area contributed by atoms with Crippen LogP contribution >= 0.6 is 0 Å². The van der Waals surface area contributed by atoms with Crippen LogP contribution in [0.15, 0.2) is 18.2 Å². The minimum Gasteiger partial charge on any atom is -0.382 e. The van der Waals surface area contributed by atoms with Gasteiger partial charge >= 0.3 is 6.03 Å². The third-order valence-electron chi connectivity index (χ3n) is 3.60. The third-order valence-corrected chi connectivity index (χ3v) is 3.60. The van der Waals surface area contributed by atoms with E-state index < -0.39 is 0 Å². The van der Waals surface area contributed by atoms with E-state index in [1.165, 1.54) is 24.0 Å². The molecule has 4 nitrogen and oxygen atoms in total. The molecule has 0 atom stereocenters. The number of ether oxygens (including phenoxy) is 1. The SMILES string of the molecule is CCOCCCNC(=O)Nc1cccc2c1CCCC2. The first-order chi connectivity index (χ1) is 9.81. The van der Waals surface area contributed by atoms with Crippen molar-refractivity contribution in [2.75, 3.05) is 25.1 Å². The van der Waals surface area contributed by atoms with Crippen LogP contribution in [0.4, 0.5) is 10.5 Å². The van der Waals surface area contributed by atoms with Crippen molar-refractivity contribution in [1.29, 1.82) is 0 Å². The highest BCUT2D eigenvalue weighted by molar-refractivity contribution is 5.90. The number of nitrogens with one attached hydrogen (secondary N) is 2. The molecule has 20 heavy (non-hydrogen) atoms. The van der Waals surface area contributed by atoms with Crippen molar-refractivity contribution >= 4 is 11.7 Å². The standard InChI is InChI=1S/C16H24N2O2/c1-2-20-12-6-11-17-16(19)18-15-10-5-8-13-7-3-4-9-14(13)15/h5,8,10H,2-4,6-7,9,11-12H2,1H3,(H2,17,18,19). The van der Waals surface area contributed by atoms with Crippen molar-refractivity contribution in [2.24, 2.45) is 0 Å².